The molecule has 66 valence electrons. The molecule has 0 aromatic carbocycles. The summed E-state index contributed by atoms with van der Waals surface area (Å²) in [7, 11) is 0. The zero-order valence-electron chi connectivity index (χ0n) is 6.94. The van der Waals surface area contributed by atoms with Crippen LogP contribution >= 0.6 is 11.6 Å². The van der Waals surface area contributed by atoms with Crippen molar-refractivity contribution in [2.45, 2.75) is 31.7 Å². The Morgan fingerprint density at radius 2 is 2.42 bits per heavy atom. The van der Waals surface area contributed by atoms with Crippen molar-refractivity contribution in [2.75, 3.05) is 0 Å². The SMILES string of the molecule is CC(C1CC1)n1nnnc1CCl. The summed E-state index contributed by atoms with van der Waals surface area (Å²) in [6, 6.07) is 0.411. The Hall–Kier alpha value is -0.640. The van der Waals surface area contributed by atoms with Gasteiger partial charge in [-0.1, -0.05) is 0 Å². The number of hydrogen-bond acceptors (Lipinski definition) is 3. The van der Waals surface area contributed by atoms with Gasteiger partial charge in [0.1, 0.15) is 0 Å². The molecular weight excluding hydrogens is 176 g/mol. The maximum absolute atomic E-state index is 5.68. The molecule has 1 aliphatic rings. The van der Waals surface area contributed by atoms with E-state index in [0.717, 1.165) is 11.7 Å². The van der Waals surface area contributed by atoms with E-state index in [2.05, 4.69) is 22.4 Å². The van der Waals surface area contributed by atoms with Crippen molar-refractivity contribution >= 4 is 11.6 Å². The predicted octanol–water partition coefficient (Wildman–Crippen LogP) is 1.38. The summed E-state index contributed by atoms with van der Waals surface area (Å²) in [6.07, 6.45) is 2.59. The van der Waals surface area contributed by atoms with Crippen LogP contribution in [-0.2, 0) is 5.88 Å². The lowest BCUT2D eigenvalue weighted by Gasteiger charge is -2.10. The van der Waals surface area contributed by atoms with Gasteiger partial charge in [0.15, 0.2) is 5.82 Å². The first kappa shape index (κ1) is 7.98. The lowest BCUT2D eigenvalue weighted by atomic mass is 10.2. The van der Waals surface area contributed by atoms with Gasteiger partial charge in [0.05, 0.1) is 11.9 Å². The minimum Gasteiger partial charge on any atom is -0.225 e. The fraction of sp³-hybridized carbons (Fsp3) is 0.857. The van der Waals surface area contributed by atoms with Crippen molar-refractivity contribution in [2.24, 2.45) is 5.92 Å². The zero-order valence-corrected chi connectivity index (χ0v) is 7.70. The van der Waals surface area contributed by atoms with Crippen LogP contribution in [0.5, 0.6) is 0 Å². The quantitative estimate of drug-likeness (QED) is 0.670. The highest BCUT2D eigenvalue weighted by Gasteiger charge is 2.31. The molecule has 1 fully saturated rings. The van der Waals surface area contributed by atoms with Gasteiger partial charge >= 0.3 is 0 Å². The predicted molar refractivity (Wildman–Crippen MR) is 44.8 cm³/mol. The molecule has 0 radical (unpaired) electrons. The number of hydrogen-bond donors (Lipinski definition) is 0. The van der Waals surface area contributed by atoms with Crippen LogP contribution in [0, 0.1) is 5.92 Å². The highest BCUT2D eigenvalue weighted by Crippen LogP contribution is 2.39. The summed E-state index contributed by atoms with van der Waals surface area (Å²) in [5.74, 6) is 1.93. The second kappa shape index (κ2) is 3.01. The zero-order chi connectivity index (χ0) is 8.55. The van der Waals surface area contributed by atoms with Crippen LogP contribution in [0.15, 0.2) is 0 Å². The third-order valence-corrected chi connectivity index (χ3v) is 2.61. The molecule has 0 amide bonds. The van der Waals surface area contributed by atoms with Crippen LogP contribution in [0.4, 0.5) is 0 Å². The molecular formula is C7H11ClN4. The van der Waals surface area contributed by atoms with E-state index in [4.69, 9.17) is 11.6 Å². The molecule has 1 aliphatic carbocycles. The van der Waals surface area contributed by atoms with Gasteiger partial charge in [0.25, 0.3) is 0 Å². The average molecular weight is 187 g/mol. The number of nitrogens with zero attached hydrogens (tertiary/aromatic N) is 4. The maximum atomic E-state index is 5.68. The van der Waals surface area contributed by atoms with Crippen LogP contribution < -0.4 is 0 Å². The summed E-state index contributed by atoms with van der Waals surface area (Å²) >= 11 is 5.68. The molecule has 1 heterocycles. The highest BCUT2D eigenvalue weighted by atomic mass is 35.5. The normalized spacial score (nSPS) is 19.5. The van der Waals surface area contributed by atoms with Crippen molar-refractivity contribution in [3.63, 3.8) is 0 Å². The van der Waals surface area contributed by atoms with Gasteiger partial charge in [0, 0.05) is 0 Å². The van der Waals surface area contributed by atoms with E-state index in [1.165, 1.54) is 12.8 Å². The topological polar surface area (TPSA) is 43.6 Å². The second-order valence-electron chi connectivity index (χ2n) is 3.25. The first-order chi connectivity index (χ1) is 5.83. The summed E-state index contributed by atoms with van der Waals surface area (Å²) in [4.78, 5) is 0. The van der Waals surface area contributed by atoms with E-state index in [1.807, 2.05) is 4.68 Å². The van der Waals surface area contributed by atoms with E-state index in [0.29, 0.717) is 11.9 Å². The van der Waals surface area contributed by atoms with Gasteiger partial charge in [0.2, 0.25) is 0 Å². The van der Waals surface area contributed by atoms with E-state index in [9.17, 15) is 0 Å². The van der Waals surface area contributed by atoms with Crippen molar-refractivity contribution in [3.05, 3.63) is 5.82 Å². The Morgan fingerprint density at radius 1 is 1.67 bits per heavy atom. The average Bonchev–Trinajstić information content (AvgIpc) is 2.82. The fourth-order valence-electron chi connectivity index (χ4n) is 1.39. The molecule has 1 saturated carbocycles. The molecule has 1 unspecified atom stereocenters. The summed E-state index contributed by atoms with van der Waals surface area (Å²) in [5, 5.41) is 11.4. The Bertz CT molecular complexity index is 268. The van der Waals surface area contributed by atoms with Crippen molar-refractivity contribution < 1.29 is 0 Å². The third kappa shape index (κ3) is 1.31. The first-order valence-electron chi connectivity index (χ1n) is 4.15. The minimum atomic E-state index is 0.393. The van der Waals surface area contributed by atoms with Gasteiger partial charge in [-0.15, -0.1) is 16.7 Å². The molecule has 1 aromatic rings. The van der Waals surface area contributed by atoms with Crippen LogP contribution in [0.25, 0.3) is 0 Å². The monoisotopic (exact) mass is 186 g/mol. The molecule has 1 atom stereocenters. The van der Waals surface area contributed by atoms with Crippen LogP contribution in [0.1, 0.15) is 31.6 Å². The molecule has 0 saturated heterocycles. The molecule has 12 heavy (non-hydrogen) atoms. The van der Waals surface area contributed by atoms with Gasteiger partial charge in [-0.2, -0.15) is 0 Å². The van der Waals surface area contributed by atoms with Crippen LogP contribution in [0.2, 0.25) is 0 Å². The van der Waals surface area contributed by atoms with Gasteiger partial charge < -0.3 is 0 Å². The van der Waals surface area contributed by atoms with Gasteiger partial charge in [-0.3, -0.25) is 0 Å². The molecule has 0 spiro atoms. The largest absolute Gasteiger partial charge is 0.225 e. The minimum absolute atomic E-state index is 0.393. The third-order valence-electron chi connectivity index (χ3n) is 2.37. The number of tetrazole rings is 1. The Labute approximate surface area is 75.9 Å². The van der Waals surface area contributed by atoms with E-state index in [1.54, 1.807) is 0 Å². The van der Waals surface area contributed by atoms with Gasteiger partial charge in [-0.25, -0.2) is 4.68 Å². The summed E-state index contributed by atoms with van der Waals surface area (Å²) in [5.41, 5.74) is 0. The maximum Gasteiger partial charge on any atom is 0.166 e. The standard InChI is InChI=1S/C7H11ClN4/c1-5(6-2-3-6)12-7(4-8)9-10-11-12/h5-6H,2-4H2,1H3. The van der Waals surface area contributed by atoms with Crippen LogP contribution in [-0.4, -0.2) is 20.2 Å². The molecule has 2 rings (SSSR count). The molecule has 4 nitrogen and oxygen atoms in total. The van der Waals surface area contributed by atoms with Crippen molar-refractivity contribution in [1.82, 2.24) is 20.2 Å². The van der Waals surface area contributed by atoms with Gasteiger partial charge in [-0.05, 0) is 36.1 Å². The fourth-order valence-corrected chi connectivity index (χ4v) is 1.57. The Morgan fingerprint density at radius 3 is 3.00 bits per heavy atom. The Balaban J connectivity index is 2.19. The first-order valence-corrected chi connectivity index (χ1v) is 4.69. The number of halogens is 1. The molecule has 0 N–H and O–H groups in total. The molecule has 5 heteroatoms. The molecule has 0 bridgehead atoms. The summed E-state index contributed by atoms with van der Waals surface area (Å²) < 4.78 is 1.84. The Kier molecular flexibility index (Phi) is 2.00. The lowest BCUT2D eigenvalue weighted by Crippen LogP contribution is -2.12. The second-order valence-corrected chi connectivity index (χ2v) is 3.52. The lowest BCUT2D eigenvalue weighted by molar-refractivity contribution is 0.419. The highest BCUT2D eigenvalue weighted by molar-refractivity contribution is 6.16. The van der Waals surface area contributed by atoms with Crippen molar-refractivity contribution in [1.29, 1.82) is 0 Å². The number of aromatic nitrogens is 4. The van der Waals surface area contributed by atoms with E-state index in [-0.39, 0.29) is 0 Å². The molecule has 0 aliphatic heterocycles. The number of rotatable bonds is 3. The van der Waals surface area contributed by atoms with E-state index >= 15 is 0 Å². The van der Waals surface area contributed by atoms with Crippen LogP contribution in [0.3, 0.4) is 0 Å². The van der Waals surface area contributed by atoms with Crippen molar-refractivity contribution in [3.8, 4) is 0 Å². The smallest absolute Gasteiger partial charge is 0.166 e. The van der Waals surface area contributed by atoms with E-state index < -0.39 is 0 Å². The number of alkyl halides is 1. The molecule has 1 aromatic heterocycles. The summed E-state index contributed by atoms with van der Waals surface area (Å²) in [6.45, 7) is 2.14.